The molecule has 0 amide bonds. The monoisotopic (exact) mass is 309 g/mol. The van der Waals surface area contributed by atoms with Crippen molar-refractivity contribution in [3.63, 3.8) is 0 Å². The highest BCUT2D eigenvalue weighted by Crippen LogP contribution is 2.16. The fourth-order valence-electron chi connectivity index (χ4n) is 1.81. The van der Waals surface area contributed by atoms with Gasteiger partial charge in [-0.3, -0.25) is 10.1 Å². The Hall–Kier alpha value is -2.28. The van der Waals surface area contributed by atoms with Crippen molar-refractivity contribution in [3.8, 4) is 0 Å². The third kappa shape index (κ3) is 3.85. The van der Waals surface area contributed by atoms with Gasteiger partial charge in [-0.2, -0.15) is 0 Å². The molecule has 0 aliphatic carbocycles. The predicted molar refractivity (Wildman–Crippen MR) is 75.3 cm³/mol. The fraction of sp³-hybridized carbons (Fsp3) is 0.143. The molecule has 2 aromatic carbocycles. The first kappa shape index (κ1) is 15.1. The maximum absolute atomic E-state index is 13.1. The molecule has 0 aliphatic rings. The Morgan fingerprint density at radius 3 is 2.33 bits per heavy atom. The van der Waals surface area contributed by atoms with Gasteiger partial charge in [0.15, 0.2) is 9.84 Å². The van der Waals surface area contributed by atoms with Crippen molar-refractivity contribution in [2.75, 3.05) is 5.75 Å². The van der Waals surface area contributed by atoms with Gasteiger partial charge in [-0.25, -0.2) is 12.8 Å². The lowest BCUT2D eigenvalue weighted by Crippen LogP contribution is -2.09. The minimum absolute atomic E-state index is 0.0493. The third-order valence-electron chi connectivity index (χ3n) is 2.96. The number of nitro benzene ring substituents is 1. The molecule has 7 heteroatoms. The highest BCUT2D eigenvalue weighted by Gasteiger charge is 2.15. The summed E-state index contributed by atoms with van der Waals surface area (Å²) in [6.45, 7) is 0. The number of rotatable bonds is 5. The van der Waals surface area contributed by atoms with Crippen molar-refractivity contribution in [2.24, 2.45) is 0 Å². The summed E-state index contributed by atoms with van der Waals surface area (Å²) in [5.41, 5.74) is 0.618. The third-order valence-corrected chi connectivity index (χ3v) is 4.68. The van der Waals surface area contributed by atoms with Gasteiger partial charge in [-0.05, 0) is 30.2 Å². The van der Waals surface area contributed by atoms with E-state index in [1.165, 1.54) is 42.5 Å². The molecule has 0 unspecified atom stereocenters. The van der Waals surface area contributed by atoms with Crippen LogP contribution < -0.4 is 0 Å². The van der Waals surface area contributed by atoms with Gasteiger partial charge >= 0.3 is 0 Å². The number of nitro groups is 1. The standard InChI is InChI=1S/C14H12FNO4S/c15-12-2-1-3-14(10-12)21(19,20)9-8-11-4-6-13(7-5-11)16(17)18/h1-7,10H,8-9H2. The molecule has 0 radical (unpaired) electrons. The molecule has 0 aliphatic heterocycles. The fourth-order valence-corrected chi connectivity index (χ4v) is 3.13. The smallest absolute Gasteiger partial charge is 0.258 e. The Morgan fingerprint density at radius 1 is 1.10 bits per heavy atom. The van der Waals surface area contributed by atoms with Crippen LogP contribution in [0, 0.1) is 15.9 Å². The maximum Gasteiger partial charge on any atom is 0.269 e. The molecule has 0 saturated carbocycles. The van der Waals surface area contributed by atoms with Gasteiger partial charge in [-0.1, -0.05) is 18.2 Å². The quantitative estimate of drug-likeness (QED) is 0.628. The normalized spacial score (nSPS) is 11.3. The average Bonchev–Trinajstić information content (AvgIpc) is 2.45. The topological polar surface area (TPSA) is 77.3 Å². The maximum atomic E-state index is 13.1. The molecule has 0 bridgehead atoms. The van der Waals surface area contributed by atoms with E-state index in [0.29, 0.717) is 5.56 Å². The van der Waals surface area contributed by atoms with Crippen LogP contribution in [0.5, 0.6) is 0 Å². The molecular weight excluding hydrogens is 297 g/mol. The summed E-state index contributed by atoms with van der Waals surface area (Å²) in [7, 11) is -3.58. The van der Waals surface area contributed by atoms with E-state index in [9.17, 15) is 22.9 Å². The van der Waals surface area contributed by atoms with Gasteiger partial charge < -0.3 is 0 Å². The minimum Gasteiger partial charge on any atom is -0.258 e. The molecule has 110 valence electrons. The zero-order chi connectivity index (χ0) is 15.5. The summed E-state index contributed by atoms with van der Waals surface area (Å²) < 4.78 is 37.2. The molecule has 21 heavy (non-hydrogen) atoms. The summed E-state index contributed by atoms with van der Waals surface area (Å²) in [5, 5.41) is 10.5. The van der Waals surface area contributed by atoms with Gasteiger partial charge in [0, 0.05) is 12.1 Å². The van der Waals surface area contributed by atoms with Crippen LogP contribution in [0.4, 0.5) is 10.1 Å². The van der Waals surface area contributed by atoms with Crippen molar-refractivity contribution in [1.82, 2.24) is 0 Å². The lowest BCUT2D eigenvalue weighted by molar-refractivity contribution is -0.384. The number of halogens is 1. The Morgan fingerprint density at radius 2 is 1.76 bits per heavy atom. The van der Waals surface area contributed by atoms with E-state index in [4.69, 9.17) is 0 Å². The number of sulfone groups is 1. The Balaban J connectivity index is 2.10. The lowest BCUT2D eigenvalue weighted by atomic mass is 10.1. The van der Waals surface area contributed by atoms with Crippen LogP contribution in [0.25, 0.3) is 0 Å². The summed E-state index contributed by atoms with van der Waals surface area (Å²) in [4.78, 5) is 9.93. The van der Waals surface area contributed by atoms with Gasteiger partial charge in [0.05, 0.1) is 15.6 Å². The first-order valence-electron chi connectivity index (χ1n) is 6.10. The summed E-state index contributed by atoms with van der Waals surface area (Å²) >= 11 is 0. The van der Waals surface area contributed by atoms with Crippen LogP contribution in [-0.2, 0) is 16.3 Å². The number of benzene rings is 2. The summed E-state index contributed by atoms with van der Waals surface area (Å²) in [6, 6.07) is 10.5. The molecule has 2 rings (SSSR count). The van der Waals surface area contributed by atoms with E-state index in [2.05, 4.69) is 0 Å². The Kier molecular flexibility index (Phi) is 4.32. The van der Waals surface area contributed by atoms with Crippen LogP contribution in [0.2, 0.25) is 0 Å². The van der Waals surface area contributed by atoms with Crippen molar-refractivity contribution in [2.45, 2.75) is 11.3 Å². The van der Waals surface area contributed by atoms with Crippen molar-refractivity contribution in [3.05, 3.63) is 70.0 Å². The van der Waals surface area contributed by atoms with E-state index >= 15 is 0 Å². The van der Waals surface area contributed by atoms with E-state index < -0.39 is 20.6 Å². The number of aryl methyl sites for hydroxylation is 1. The number of nitrogens with zero attached hydrogens (tertiary/aromatic N) is 1. The van der Waals surface area contributed by atoms with Crippen molar-refractivity contribution < 1.29 is 17.7 Å². The molecule has 0 aromatic heterocycles. The molecular formula is C14H12FNO4S. The number of non-ortho nitro benzene ring substituents is 1. The number of hydrogen-bond donors (Lipinski definition) is 0. The first-order valence-corrected chi connectivity index (χ1v) is 7.75. The second-order valence-corrected chi connectivity index (χ2v) is 6.56. The van der Waals surface area contributed by atoms with Crippen LogP contribution in [-0.4, -0.2) is 19.1 Å². The molecule has 0 atom stereocenters. The molecule has 2 aromatic rings. The van der Waals surface area contributed by atoms with Crippen LogP contribution >= 0.6 is 0 Å². The van der Waals surface area contributed by atoms with E-state index in [1.807, 2.05) is 0 Å². The van der Waals surface area contributed by atoms with E-state index in [1.54, 1.807) is 0 Å². The second-order valence-electron chi connectivity index (χ2n) is 4.45. The van der Waals surface area contributed by atoms with E-state index in [0.717, 1.165) is 6.07 Å². The summed E-state index contributed by atoms with van der Waals surface area (Å²) in [5.74, 6) is -0.791. The van der Waals surface area contributed by atoms with Crippen LogP contribution in [0.1, 0.15) is 5.56 Å². The van der Waals surface area contributed by atoms with Crippen LogP contribution in [0.3, 0.4) is 0 Å². The number of hydrogen-bond acceptors (Lipinski definition) is 4. The molecule has 5 nitrogen and oxygen atoms in total. The largest absolute Gasteiger partial charge is 0.269 e. The highest BCUT2D eigenvalue weighted by atomic mass is 32.2. The lowest BCUT2D eigenvalue weighted by Gasteiger charge is -2.05. The molecule has 0 saturated heterocycles. The van der Waals surface area contributed by atoms with Gasteiger partial charge in [0.25, 0.3) is 5.69 Å². The van der Waals surface area contributed by atoms with Crippen molar-refractivity contribution >= 4 is 15.5 Å². The zero-order valence-electron chi connectivity index (χ0n) is 10.9. The second kappa shape index (κ2) is 6.01. The average molecular weight is 309 g/mol. The van der Waals surface area contributed by atoms with Gasteiger partial charge in [-0.15, -0.1) is 0 Å². The van der Waals surface area contributed by atoms with Gasteiger partial charge in [0.2, 0.25) is 0 Å². The van der Waals surface area contributed by atoms with Crippen LogP contribution in [0.15, 0.2) is 53.4 Å². The molecule has 0 N–H and O–H groups in total. The molecule has 0 heterocycles. The van der Waals surface area contributed by atoms with Gasteiger partial charge in [0.1, 0.15) is 5.82 Å². The first-order chi connectivity index (χ1) is 9.88. The molecule has 0 fully saturated rings. The zero-order valence-corrected chi connectivity index (χ0v) is 11.7. The minimum atomic E-state index is -3.58. The van der Waals surface area contributed by atoms with E-state index in [-0.39, 0.29) is 22.8 Å². The Bertz CT molecular complexity index is 757. The predicted octanol–water partition coefficient (Wildman–Crippen LogP) is 2.75. The molecule has 0 spiro atoms. The summed E-state index contributed by atoms with van der Waals surface area (Å²) in [6.07, 6.45) is 0.205. The Labute approximate surface area is 121 Å². The van der Waals surface area contributed by atoms with Crippen molar-refractivity contribution in [1.29, 1.82) is 0 Å². The highest BCUT2D eigenvalue weighted by molar-refractivity contribution is 7.91. The SMILES string of the molecule is O=[N+]([O-])c1ccc(CCS(=O)(=O)c2cccc(F)c2)cc1.